The standard InChI is InChI=1S/C32H34F3N3O6S/c1-21-6-4-13-38(20-21)14-5-15-42-31-19-27-25(18-30(31)41-2)28(11-12-36-27)44-29-10-9-22(16-26(29)33)37-45(39,40)24-8-3-7-23(17-24)43-32(34)35/h3,7-12,16-19,21,32,37H,4-6,13-15,20H2,1-2H3. The SMILES string of the molecule is COc1cc2c(Oc3ccc(NS(=O)(=O)c4cccc(OC(F)F)c4)cc3F)ccnc2cc1OCCCN1CCCC(C)C1. The molecule has 1 aromatic heterocycles. The number of fused-ring (bicyclic) bond motifs is 1. The van der Waals surface area contributed by atoms with Gasteiger partial charge in [0.2, 0.25) is 0 Å². The van der Waals surface area contributed by atoms with Crippen LogP contribution in [0.2, 0.25) is 0 Å². The molecule has 0 aliphatic carbocycles. The Labute approximate surface area is 259 Å². The first-order valence-corrected chi connectivity index (χ1v) is 16.0. The van der Waals surface area contributed by atoms with Gasteiger partial charge in [0.15, 0.2) is 23.1 Å². The highest BCUT2D eigenvalue weighted by Crippen LogP contribution is 2.38. The smallest absolute Gasteiger partial charge is 0.387 e. The number of anilines is 1. The Morgan fingerprint density at radius 3 is 2.64 bits per heavy atom. The number of methoxy groups -OCH3 is 1. The molecule has 1 aliphatic heterocycles. The van der Waals surface area contributed by atoms with E-state index in [4.69, 9.17) is 14.2 Å². The number of hydrogen-bond acceptors (Lipinski definition) is 8. The molecule has 9 nitrogen and oxygen atoms in total. The van der Waals surface area contributed by atoms with E-state index in [-0.39, 0.29) is 22.1 Å². The van der Waals surface area contributed by atoms with Crippen molar-refractivity contribution in [3.8, 4) is 28.7 Å². The van der Waals surface area contributed by atoms with Crippen LogP contribution >= 0.6 is 0 Å². The van der Waals surface area contributed by atoms with E-state index >= 15 is 4.39 Å². The maximum Gasteiger partial charge on any atom is 0.387 e. The lowest BCUT2D eigenvalue weighted by Gasteiger charge is -2.30. The number of alkyl halides is 2. The first-order chi connectivity index (χ1) is 21.6. The van der Waals surface area contributed by atoms with E-state index in [1.165, 1.54) is 56.5 Å². The molecular formula is C32H34F3N3O6S. The van der Waals surface area contributed by atoms with Gasteiger partial charge in [-0.05, 0) is 68.1 Å². The molecule has 0 saturated carbocycles. The number of nitrogens with one attached hydrogen (secondary N) is 1. The van der Waals surface area contributed by atoms with Crippen LogP contribution in [-0.4, -0.2) is 58.3 Å². The molecule has 0 radical (unpaired) electrons. The number of pyridine rings is 1. The van der Waals surface area contributed by atoms with Crippen molar-refractivity contribution in [3.63, 3.8) is 0 Å². The number of hydrogen-bond donors (Lipinski definition) is 1. The normalized spacial score (nSPS) is 15.6. The van der Waals surface area contributed by atoms with Gasteiger partial charge in [0.25, 0.3) is 10.0 Å². The van der Waals surface area contributed by atoms with Crippen LogP contribution in [0.4, 0.5) is 18.9 Å². The number of aromatic nitrogens is 1. The van der Waals surface area contributed by atoms with Gasteiger partial charge in [-0.3, -0.25) is 9.71 Å². The summed E-state index contributed by atoms with van der Waals surface area (Å²) in [6.45, 7) is 2.87. The van der Waals surface area contributed by atoms with Gasteiger partial charge in [-0.2, -0.15) is 8.78 Å². The second-order valence-corrected chi connectivity index (χ2v) is 12.5. The van der Waals surface area contributed by atoms with Crippen LogP contribution in [0.1, 0.15) is 26.2 Å². The van der Waals surface area contributed by atoms with Crippen molar-refractivity contribution in [1.29, 1.82) is 0 Å². The van der Waals surface area contributed by atoms with Crippen LogP contribution in [0, 0.1) is 11.7 Å². The quantitative estimate of drug-likeness (QED) is 0.154. The molecule has 0 spiro atoms. The van der Waals surface area contributed by atoms with Crippen molar-refractivity contribution in [3.05, 3.63) is 72.7 Å². The fraction of sp³-hybridized carbons (Fsp3) is 0.344. The van der Waals surface area contributed by atoms with E-state index < -0.39 is 22.5 Å². The van der Waals surface area contributed by atoms with Gasteiger partial charge in [0.05, 0.1) is 29.8 Å². The van der Waals surface area contributed by atoms with Gasteiger partial charge in [0.1, 0.15) is 11.5 Å². The van der Waals surface area contributed by atoms with Crippen molar-refractivity contribution in [1.82, 2.24) is 9.88 Å². The molecule has 3 aromatic carbocycles. The Kier molecular flexibility index (Phi) is 10.2. The third-order valence-electron chi connectivity index (χ3n) is 7.35. The van der Waals surface area contributed by atoms with Gasteiger partial charge in [-0.25, -0.2) is 12.8 Å². The summed E-state index contributed by atoms with van der Waals surface area (Å²) in [5.74, 6) is 0.692. The molecule has 1 atom stereocenters. The van der Waals surface area contributed by atoms with E-state index in [2.05, 4.69) is 26.3 Å². The molecule has 13 heteroatoms. The summed E-state index contributed by atoms with van der Waals surface area (Å²) in [6, 6.07) is 13.2. The summed E-state index contributed by atoms with van der Waals surface area (Å²) >= 11 is 0. The van der Waals surface area contributed by atoms with E-state index in [0.717, 1.165) is 44.1 Å². The van der Waals surface area contributed by atoms with E-state index in [0.29, 0.717) is 34.8 Å². The average molecular weight is 646 g/mol. The first kappa shape index (κ1) is 32.2. The van der Waals surface area contributed by atoms with E-state index in [1.54, 1.807) is 18.2 Å². The van der Waals surface area contributed by atoms with Gasteiger partial charge < -0.3 is 23.8 Å². The maximum absolute atomic E-state index is 15.1. The minimum absolute atomic E-state index is 0.0992. The summed E-state index contributed by atoms with van der Waals surface area (Å²) in [6.07, 6.45) is 4.90. The molecule has 0 bridgehead atoms. The van der Waals surface area contributed by atoms with Gasteiger partial charge in [-0.1, -0.05) is 13.0 Å². The molecule has 1 saturated heterocycles. The number of rotatable bonds is 13. The van der Waals surface area contributed by atoms with Crippen molar-refractivity contribution in [2.45, 2.75) is 37.7 Å². The summed E-state index contributed by atoms with van der Waals surface area (Å²) in [4.78, 5) is 6.54. The molecule has 1 fully saturated rings. The highest BCUT2D eigenvalue weighted by atomic mass is 32.2. The Morgan fingerprint density at radius 2 is 1.89 bits per heavy atom. The minimum atomic E-state index is -4.24. The zero-order valence-corrected chi connectivity index (χ0v) is 25.7. The molecule has 5 rings (SSSR count). The Morgan fingerprint density at radius 1 is 1.04 bits per heavy atom. The second kappa shape index (κ2) is 14.2. The third kappa shape index (κ3) is 8.28. The molecule has 0 amide bonds. The lowest BCUT2D eigenvalue weighted by molar-refractivity contribution is -0.0499. The monoisotopic (exact) mass is 645 g/mol. The lowest BCUT2D eigenvalue weighted by Crippen LogP contribution is -2.35. The van der Waals surface area contributed by atoms with Gasteiger partial charge in [0, 0.05) is 42.9 Å². The van der Waals surface area contributed by atoms with Gasteiger partial charge >= 0.3 is 6.61 Å². The van der Waals surface area contributed by atoms with Crippen LogP contribution in [-0.2, 0) is 10.0 Å². The topological polar surface area (TPSA) is 99.2 Å². The molecule has 1 unspecified atom stereocenters. The van der Waals surface area contributed by atoms with Gasteiger partial charge in [-0.15, -0.1) is 0 Å². The maximum atomic E-state index is 15.1. The molecular weight excluding hydrogens is 611 g/mol. The highest BCUT2D eigenvalue weighted by molar-refractivity contribution is 7.92. The number of benzene rings is 3. The Balaban J connectivity index is 1.27. The minimum Gasteiger partial charge on any atom is -0.493 e. The Bertz CT molecular complexity index is 1740. The molecule has 1 aliphatic rings. The lowest BCUT2D eigenvalue weighted by atomic mass is 10.0. The first-order valence-electron chi connectivity index (χ1n) is 14.5. The Hall–Kier alpha value is -4.23. The molecule has 45 heavy (non-hydrogen) atoms. The number of halogens is 3. The highest BCUT2D eigenvalue weighted by Gasteiger charge is 2.19. The number of sulfonamides is 1. The summed E-state index contributed by atoms with van der Waals surface area (Å²) in [7, 11) is -2.71. The molecule has 2 heterocycles. The van der Waals surface area contributed by atoms with Crippen molar-refractivity contribution >= 4 is 26.6 Å². The number of likely N-dealkylation sites (tertiary alicyclic amines) is 1. The predicted octanol–water partition coefficient (Wildman–Crippen LogP) is 7.08. The van der Waals surface area contributed by atoms with Crippen molar-refractivity contribution in [2.75, 3.05) is 38.1 Å². The van der Waals surface area contributed by atoms with E-state index in [9.17, 15) is 17.2 Å². The molecule has 1 N–H and O–H groups in total. The van der Waals surface area contributed by atoms with Crippen LogP contribution in [0.25, 0.3) is 10.9 Å². The molecule has 4 aromatic rings. The van der Waals surface area contributed by atoms with Crippen LogP contribution in [0.15, 0.2) is 71.8 Å². The second-order valence-electron chi connectivity index (χ2n) is 10.8. The predicted molar refractivity (Wildman–Crippen MR) is 164 cm³/mol. The van der Waals surface area contributed by atoms with Crippen LogP contribution in [0.3, 0.4) is 0 Å². The number of ether oxygens (including phenoxy) is 4. The fourth-order valence-electron chi connectivity index (χ4n) is 5.25. The summed E-state index contributed by atoms with van der Waals surface area (Å²) in [5.41, 5.74) is 0.453. The van der Waals surface area contributed by atoms with Crippen molar-refractivity contribution < 1.29 is 40.5 Å². The average Bonchev–Trinajstić information content (AvgIpc) is 3.00. The van der Waals surface area contributed by atoms with Crippen LogP contribution in [0.5, 0.6) is 28.7 Å². The summed E-state index contributed by atoms with van der Waals surface area (Å²) < 4.78 is 89.8. The zero-order chi connectivity index (χ0) is 32.0. The van der Waals surface area contributed by atoms with E-state index in [1.807, 2.05) is 0 Å². The third-order valence-corrected chi connectivity index (χ3v) is 8.73. The summed E-state index contributed by atoms with van der Waals surface area (Å²) in [5, 5.41) is 0.555. The van der Waals surface area contributed by atoms with Crippen LogP contribution < -0.4 is 23.7 Å². The number of piperidine rings is 1. The number of nitrogens with zero attached hydrogens (tertiary/aromatic N) is 2. The van der Waals surface area contributed by atoms with Crippen molar-refractivity contribution in [2.24, 2.45) is 5.92 Å². The largest absolute Gasteiger partial charge is 0.493 e. The zero-order valence-electron chi connectivity index (χ0n) is 24.8. The molecule has 240 valence electrons. The fourth-order valence-corrected chi connectivity index (χ4v) is 6.33.